The van der Waals surface area contributed by atoms with Crippen molar-refractivity contribution < 1.29 is 22.5 Å². The number of ether oxygens (including phenoxy) is 1. The standard InChI is InChI=1S/C24H30N4O5S/c1-7-25-23(29)19-14-18(12-13-20(19)32-6)34(30,31)28(5)15-21-26-22(27-33-21)16-8-10-17(11-9-16)24(2,3)4/h8-14H,7,15H2,1-6H3,(H,25,29). The molecule has 2 aromatic carbocycles. The van der Waals surface area contributed by atoms with Crippen LogP contribution in [0.5, 0.6) is 5.75 Å². The van der Waals surface area contributed by atoms with Gasteiger partial charge in [-0.2, -0.15) is 9.29 Å². The zero-order chi connectivity index (χ0) is 25.1. The third kappa shape index (κ3) is 5.45. The van der Waals surface area contributed by atoms with E-state index in [1.54, 1.807) is 6.92 Å². The molecule has 10 heteroatoms. The molecule has 34 heavy (non-hydrogen) atoms. The van der Waals surface area contributed by atoms with Gasteiger partial charge in [-0.05, 0) is 36.1 Å². The first kappa shape index (κ1) is 25.4. The number of aromatic nitrogens is 2. The molecule has 1 amide bonds. The summed E-state index contributed by atoms with van der Waals surface area (Å²) in [6.45, 7) is 8.44. The van der Waals surface area contributed by atoms with Gasteiger partial charge in [-0.3, -0.25) is 4.79 Å². The minimum absolute atomic E-state index is 0.0244. The van der Waals surface area contributed by atoms with Crippen molar-refractivity contribution in [2.75, 3.05) is 20.7 Å². The number of methoxy groups -OCH3 is 1. The van der Waals surface area contributed by atoms with E-state index in [-0.39, 0.29) is 34.1 Å². The van der Waals surface area contributed by atoms with Crippen LogP contribution in [-0.4, -0.2) is 49.5 Å². The minimum atomic E-state index is -3.94. The van der Waals surface area contributed by atoms with Crippen molar-refractivity contribution in [3.63, 3.8) is 0 Å². The van der Waals surface area contributed by atoms with Gasteiger partial charge in [-0.1, -0.05) is 50.2 Å². The Morgan fingerprint density at radius 2 is 1.82 bits per heavy atom. The summed E-state index contributed by atoms with van der Waals surface area (Å²) in [4.78, 5) is 16.6. The van der Waals surface area contributed by atoms with Crippen LogP contribution in [0.4, 0.5) is 0 Å². The van der Waals surface area contributed by atoms with Gasteiger partial charge in [0.05, 0.1) is 24.1 Å². The van der Waals surface area contributed by atoms with E-state index in [1.165, 1.54) is 37.9 Å². The summed E-state index contributed by atoms with van der Waals surface area (Å²) in [7, 11) is -1.11. The molecular weight excluding hydrogens is 456 g/mol. The Hall–Kier alpha value is -3.24. The lowest BCUT2D eigenvalue weighted by molar-refractivity contribution is 0.0952. The first-order valence-electron chi connectivity index (χ1n) is 10.8. The van der Waals surface area contributed by atoms with E-state index in [1.807, 2.05) is 24.3 Å². The van der Waals surface area contributed by atoms with Gasteiger partial charge in [0.25, 0.3) is 5.91 Å². The van der Waals surface area contributed by atoms with E-state index < -0.39 is 15.9 Å². The molecule has 0 saturated heterocycles. The number of nitrogens with zero attached hydrogens (tertiary/aromatic N) is 3. The lowest BCUT2D eigenvalue weighted by atomic mass is 9.87. The smallest absolute Gasteiger partial charge is 0.255 e. The molecular formula is C24H30N4O5S. The maximum atomic E-state index is 13.1. The number of amides is 1. The van der Waals surface area contributed by atoms with Crippen LogP contribution in [-0.2, 0) is 22.0 Å². The molecule has 0 aliphatic carbocycles. The second-order valence-electron chi connectivity index (χ2n) is 8.82. The van der Waals surface area contributed by atoms with Gasteiger partial charge in [-0.15, -0.1) is 0 Å². The fraction of sp³-hybridized carbons (Fsp3) is 0.375. The largest absolute Gasteiger partial charge is 0.496 e. The topological polar surface area (TPSA) is 115 Å². The van der Waals surface area contributed by atoms with Gasteiger partial charge in [0.15, 0.2) is 0 Å². The first-order chi connectivity index (χ1) is 16.0. The Morgan fingerprint density at radius 3 is 2.41 bits per heavy atom. The molecule has 3 rings (SSSR count). The highest BCUT2D eigenvalue weighted by atomic mass is 32.2. The second-order valence-corrected chi connectivity index (χ2v) is 10.9. The van der Waals surface area contributed by atoms with Gasteiger partial charge in [0.2, 0.25) is 21.7 Å². The number of nitrogens with one attached hydrogen (secondary N) is 1. The van der Waals surface area contributed by atoms with Crippen LogP contribution < -0.4 is 10.1 Å². The number of hydrogen-bond donors (Lipinski definition) is 1. The molecule has 1 heterocycles. The zero-order valence-electron chi connectivity index (χ0n) is 20.2. The molecule has 1 N–H and O–H groups in total. The van der Waals surface area contributed by atoms with Crippen molar-refractivity contribution in [3.8, 4) is 17.1 Å². The third-order valence-corrected chi connectivity index (χ3v) is 7.10. The first-order valence-corrected chi connectivity index (χ1v) is 12.3. The van der Waals surface area contributed by atoms with Crippen LogP contribution >= 0.6 is 0 Å². The molecule has 0 bridgehead atoms. The minimum Gasteiger partial charge on any atom is -0.496 e. The molecule has 3 aromatic rings. The van der Waals surface area contributed by atoms with Crippen LogP contribution in [0.1, 0.15) is 49.5 Å². The second kappa shape index (κ2) is 9.94. The van der Waals surface area contributed by atoms with E-state index in [9.17, 15) is 13.2 Å². The number of benzene rings is 2. The summed E-state index contributed by atoms with van der Waals surface area (Å²) in [5.74, 6) is 0.396. The number of carbonyl (C=O) groups is 1. The van der Waals surface area contributed by atoms with Crippen molar-refractivity contribution in [3.05, 3.63) is 59.5 Å². The van der Waals surface area contributed by atoms with E-state index in [0.29, 0.717) is 12.4 Å². The fourth-order valence-electron chi connectivity index (χ4n) is 3.29. The molecule has 0 spiro atoms. The Morgan fingerprint density at radius 1 is 1.15 bits per heavy atom. The summed E-state index contributed by atoms with van der Waals surface area (Å²) in [5, 5.41) is 6.64. The third-order valence-electron chi connectivity index (χ3n) is 5.30. The van der Waals surface area contributed by atoms with Gasteiger partial charge >= 0.3 is 0 Å². The van der Waals surface area contributed by atoms with Crippen molar-refractivity contribution in [1.29, 1.82) is 0 Å². The summed E-state index contributed by atoms with van der Waals surface area (Å²) in [6.07, 6.45) is 0. The van der Waals surface area contributed by atoms with Gasteiger partial charge in [0.1, 0.15) is 5.75 Å². The maximum absolute atomic E-state index is 13.1. The molecule has 1 aromatic heterocycles. The quantitative estimate of drug-likeness (QED) is 0.517. The highest BCUT2D eigenvalue weighted by Gasteiger charge is 2.26. The van der Waals surface area contributed by atoms with Crippen molar-refractivity contribution in [2.24, 2.45) is 0 Å². The van der Waals surface area contributed by atoms with Crippen molar-refractivity contribution in [1.82, 2.24) is 19.8 Å². The molecule has 182 valence electrons. The predicted molar refractivity (Wildman–Crippen MR) is 128 cm³/mol. The summed E-state index contributed by atoms with van der Waals surface area (Å²) < 4.78 is 37.9. The number of rotatable bonds is 8. The van der Waals surface area contributed by atoms with E-state index >= 15 is 0 Å². The molecule has 0 radical (unpaired) electrons. The SMILES string of the molecule is CCNC(=O)c1cc(S(=O)(=O)N(C)Cc2nc(-c3ccc(C(C)(C)C)cc3)no2)ccc1OC. The van der Waals surface area contributed by atoms with E-state index in [4.69, 9.17) is 9.26 Å². The van der Waals surface area contributed by atoms with Crippen molar-refractivity contribution >= 4 is 15.9 Å². The highest BCUT2D eigenvalue weighted by molar-refractivity contribution is 7.89. The average Bonchev–Trinajstić information content (AvgIpc) is 3.26. The summed E-state index contributed by atoms with van der Waals surface area (Å²) in [5.41, 5.74) is 2.11. The lowest BCUT2D eigenvalue weighted by Crippen LogP contribution is -2.28. The summed E-state index contributed by atoms with van der Waals surface area (Å²) in [6, 6.07) is 12.0. The van der Waals surface area contributed by atoms with E-state index in [2.05, 4.69) is 36.2 Å². The van der Waals surface area contributed by atoms with Crippen LogP contribution in [0, 0.1) is 0 Å². The molecule has 0 saturated carbocycles. The monoisotopic (exact) mass is 486 g/mol. The maximum Gasteiger partial charge on any atom is 0.255 e. The highest BCUT2D eigenvalue weighted by Crippen LogP contribution is 2.27. The predicted octanol–water partition coefficient (Wildman–Crippen LogP) is 3.61. The lowest BCUT2D eigenvalue weighted by Gasteiger charge is -2.18. The molecule has 9 nitrogen and oxygen atoms in total. The van der Waals surface area contributed by atoms with Gasteiger partial charge < -0.3 is 14.6 Å². The fourth-order valence-corrected chi connectivity index (χ4v) is 4.44. The molecule has 0 aliphatic rings. The Kier molecular flexibility index (Phi) is 7.42. The zero-order valence-corrected chi connectivity index (χ0v) is 21.1. The van der Waals surface area contributed by atoms with Gasteiger partial charge in [-0.25, -0.2) is 8.42 Å². The van der Waals surface area contributed by atoms with Gasteiger partial charge in [0, 0.05) is 19.2 Å². The number of sulfonamides is 1. The average molecular weight is 487 g/mol. The molecule has 0 unspecified atom stereocenters. The normalized spacial score (nSPS) is 12.1. The van der Waals surface area contributed by atoms with Crippen LogP contribution in [0.15, 0.2) is 51.9 Å². The van der Waals surface area contributed by atoms with Crippen LogP contribution in [0.2, 0.25) is 0 Å². The molecule has 0 fully saturated rings. The Balaban J connectivity index is 1.81. The van der Waals surface area contributed by atoms with Crippen LogP contribution in [0.25, 0.3) is 11.4 Å². The number of hydrogen-bond acceptors (Lipinski definition) is 7. The van der Waals surface area contributed by atoms with E-state index in [0.717, 1.165) is 9.87 Å². The molecule has 0 atom stereocenters. The number of carbonyl (C=O) groups excluding carboxylic acids is 1. The Labute approximate surface area is 200 Å². The van der Waals surface area contributed by atoms with Crippen LogP contribution in [0.3, 0.4) is 0 Å². The summed E-state index contributed by atoms with van der Waals surface area (Å²) >= 11 is 0. The van der Waals surface area contributed by atoms with Crippen molar-refractivity contribution in [2.45, 2.75) is 44.6 Å². The Bertz CT molecular complexity index is 1260. The molecule has 0 aliphatic heterocycles.